The zero-order valence-electron chi connectivity index (χ0n) is 36.1. The van der Waals surface area contributed by atoms with Gasteiger partial charge in [-0.25, -0.2) is 19.6 Å². The molecule has 0 bridgehead atoms. The second-order valence-corrected chi connectivity index (χ2v) is 17.2. The third-order valence-corrected chi connectivity index (χ3v) is 12.6. The van der Waals surface area contributed by atoms with Gasteiger partial charge in [0.05, 0.1) is 69.8 Å². The maximum atomic E-state index is 16.3. The molecule has 5 heterocycles. The van der Waals surface area contributed by atoms with Crippen molar-refractivity contribution in [3.8, 4) is 33.6 Å². The van der Waals surface area contributed by atoms with Crippen molar-refractivity contribution >= 4 is 24.0 Å². The number of aromatic nitrogens is 4. The maximum absolute atomic E-state index is 16.3. The molecule has 0 unspecified atom stereocenters. The molecule has 4 aromatic rings. The summed E-state index contributed by atoms with van der Waals surface area (Å²) in [5.74, 6) is -11.1. The Balaban J connectivity index is 1.07. The Morgan fingerprint density at radius 2 is 1.20 bits per heavy atom. The predicted molar refractivity (Wildman–Crippen MR) is 221 cm³/mol. The number of halogens is 4. The average molecular weight is 895 g/mol. The van der Waals surface area contributed by atoms with Crippen molar-refractivity contribution < 1.29 is 55.7 Å². The minimum absolute atomic E-state index is 0.0258. The van der Waals surface area contributed by atoms with Crippen LogP contribution in [0.2, 0.25) is 0 Å². The van der Waals surface area contributed by atoms with E-state index in [0.29, 0.717) is 44.1 Å². The van der Waals surface area contributed by atoms with Gasteiger partial charge >= 0.3 is 24.0 Å². The van der Waals surface area contributed by atoms with Crippen LogP contribution in [-0.4, -0.2) is 112 Å². The zero-order chi connectivity index (χ0) is 45.9. The summed E-state index contributed by atoms with van der Waals surface area (Å²) in [6, 6.07) is 4.81. The Labute approximate surface area is 365 Å². The van der Waals surface area contributed by atoms with Gasteiger partial charge in [0, 0.05) is 35.2 Å². The van der Waals surface area contributed by atoms with Gasteiger partial charge in [0.1, 0.15) is 23.7 Å². The number of H-pyrrole nitrogens is 2. The Hall–Kier alpha value is -6.02. The van der Waals surface area contributed by atoms with E-state index in [1.54, 1.807) is 38.7 Å². The lowest BCUT2D eigenvalue weighted by Crippen LogP contribution is -2.52. The number of hydrogen-bond acceptors (Lipinski definition) is 10. The van der Waals surface area contributed by atoms with Gasteiger partial charge in [0.2, 0.25) is 11.8 Å². The highest BCUT2D eigenvalue weighted by Crippen LogP contribution is 2.59. The Bertz CT molecular complexity index is 2450. The van der Waals surface area contributed by atoms with Crippen molar-refractivity contribution in [2.75, 3.05) is 40.5 Å². The molecular formula is C44H50F4N8O8. The normalized spacial score (nSPS) is 21.4. The SMILES string of the molecule is COC(=O)N[C@H](C(=O)N1CCC[C@H]1c1ncc(-c2ccc3c(c2)C(F)(F)C(F)(F)c2cc(-c4cnc([C@@H]5CC6(CN5C(=O)[C@@H](NC(=O)OC)C(C)C)OCCO6)[nH]4)ccc2-3)[nH]1)C(C)C. The highest BCUT2D eigenvalue weighted by molar-refractivity contribution is 5.87. The summed E-state index contributed by atoms with van der Waals surface area (Å²) in [5.41, 5.74) is -1.00. The monoisotopic (exact) mass is 894 g/mol. The molecule has 2 aromatic carbocycles. The molecule has 4 aliphatic rings. The molecule has 20 heteroatoms. The van der Waals surface area contributed by atoms with Crippen molar-refractivity contribution in [2.45, 2.75) is 88.8 Å². The summed E-state index contributed by atoms with van der Waals surface area (Å²) in [4.78, 5) is 70.1. The van der Waals surface area contributed by atoms with Gasteiger partial charge in [-0.3, -0.25) is 9.59 Å². The van der Waals surface area contributed by atoms with E-state index in [0.717, 1.165) is 12.1 Å². The molecule has 4 atom stereocenters. The fourth-order valence-electron chi connectivity index (χ4n) is 9.15. The van der Waals surface area contributed by atoms with E-state index in [2.05, 4.69) is 30.6 Å². The van der Waals surface area contributed by atoms with Crippen LogP contribution in [0.4, 0.5) is 27.2 Å². The van der Waals surface area contributed by atoms with Gasteiger partial charge in [-0.2, -0.15) is 17.6 Å². The predicted octanol–water partition coefficient (Wildman–Crippen LogP) is 6.77. The van der Waals surface area contributed by atoms with E-state index < -0.39 is 71.0 Å². The van der Waals surface area contributed by atoms with E-state index in [9.17, 15) is 19.2 Å². The summed E-state index contributed by atoms with van der Waals surface area (Å²) >= 11 is 0. The minimum Gasteiger partial charge on any atom is -0.453 e. The number of carbonyl (C=O) groups is 4. The van der Waals surface area contributed by atoms with Gasteiger partial charge in [0.25, 0.3) is 0 Å². The number of aromatic amines is 2. The standard InChI is InChI=1S/C44H50F4N8O8/c1-22(2)34(53-40(59)61-5)38(57)55-13-7-8-32(55)36-49-19-30(51-36)24-9-11-26-27-12-10-25(17-29(27)44(47,48)43(45,46)28(26)16-24)31-20-50-37(52-31)33-18-42(63-14-15-64-42)21-56(33)39(58)35(23(3)4)54-41(60)62-6/h9-12,16-17,19-20,22-23,32-35H,7-8,13-15,18,21H2,1-6H3,(H,49,51)(H,50,52)(H,53,59)(H,54,60)/t32-,33-,34-,35-/m0/s1. The first-order chi connectivity index (χ1) is 30.4. The molecule has 1 aliphatic carbocycles. The van der Waals surface area contributed by atoms with Gasteiger partial charge in [-0.1, -0.05) is 52.0 Å². The van der Waals surface area contributed by atoms with Gasteiger partial charge in [-0.05, 0) is 47.9 Å². The number of likely N-dealkylation sites (tertiary alicyclic amines) is 2. The third kappa shape index (κ3) is 7.73. The highest BCUT2D eigenvalue weighted by atomic mass is 19.3. The number of benzene rings is 2. The van der Waals surface area contributed by atoms with Crippen LogP contribution in [0.25, 0.3) is 33.6 Å². The molecule has 8 rings (SSSR count). The summed E-state index contributed by atoms with van der Waals surface area (Å²) in [6.07, 6.45) is 2.65. The third-order valence-electron chi connectivity index (χ3n) is 12.6. The quantitative estimate of drug-likeness (QED) is 0.124. The number of carbonyl (C=O) groups excluding carboxylic acids is 4. The van der Waals surface area contributed by atoms with Crippen molar-refractivity contribution in [1.82, 2.24) is 40.4 Å². The zero-order valence-corrected chi connectivity index (χ0v) is 36.1. The lowest BCUT2D eigenvalue weighted by atomic mass is 9.79. The largest absolute Gasteiger partial charge is 0.453 e. The molecule has 64 heavy (non-hydrogen) atoms. The van der Waals surface area contributed by atoms with Crippen LogP contribution >= 0.6 is 0 Å². The van der Waals surface area contributed by atoms with Crippen molar-refractivity contribution in [3.63, 3.8) is 0 Å². The Morgan fingerprint density at radius 1 is 0.734 bits per heavy atom. The molecular weight excluding hydrogens is 845 g/mol. The second kappa shape index (κ2) is 16.8. The van der Waals surface area contributed by atoms with E-state index in [1.807, 2.05) is 0 Å². The average Bonchev–Trinajstić information content (AvgIpc) is 4.14. The molecule has 342 valence electrons. The van der Waals surface area contributed by atoms with Crippen molar-refractivity contribution in [3.05, 3.63) is 71.6 Å². The number of rotatable bonds is 10. The van der Waals surface area contributed by atoms with Crippen LogP contribution < -0.4 is 10.6 Å². The number of alkyl carbamates (subject to hydrolysis) is 2. The summed E-state index contributed by atoms with van der Waals surface area (Å²) in [6.45, 7) is 8.15. The fourth-order valence-corrected chi connectivity index (χ4v) is 9.15. The van der Waals surface area contributed by atoms with E-state index >= 15 is 17.6 Å². The molecule has 2 aromatic heterocycles. The lowest BCUT2D eigenvalue weighted by molar-refractivity contribution is -0.225. The van der Waals surface area contributed by atoms with E-state index in [-0.39, 0.29) is 64.5 Å². The number of hydrogen-bond donors (Lipinski definition) is 4. The number of amides is 4. The molecule has 1 spiro atoms. The number of ether oxygens (including phenoxy) is 4. The van der Waals surface area contributed by atoms with Gasteiger partial charge in [-0.15, -0.1) is 0 Å². The summed E-state index contributed by atoms with van der Waals surface area (Å²) in [5, 5.41) is 5.18. The van der Waals surface area contributed by atoms with Gasteiger partial charge < -0.3 is 49.3 Å². The van der Waals surface area contributed by atoms with Crippen LogP contribution in [0.5, 0.6) is 0 Å². The van der Waals surface area contributed by atoms with E-state index in [4.69, 9.17) is 18.9 Å². The first-order valence-electron chi connectivity index (χ1n) is 21.1. The van der Waals surface area contributed by atoms with Crippen LogP contribution in [0, 0.1) is 11.8 Å². The topological polar surface area (TPSA) is 193 Å². The molecule has 4 N–H and O–H groups in total. The molecule has 0 radical (unpaired) electrons. The Morgan fingerprint density at radius 3 is 1.67 bits per heavy atom. The number of nitrogens with one attached hydrogen (secondary N) is 4. The minimum atomic E-state index is -4.64. The molecule has 4 amide bonds. The van der Waals surface area contributed by atoms with Crippen LogP contribution in [0.3, 0.4) is 0 Å². The lowest BCUT2D eigenvalue weighted by Gasteiger charge is -2.35. The molecule has 0 saturated carbocycles. The molecule has 16 nitrogen and oxygen atoms in total. The smallest absolute Gasteiger partial charge is 0.407 e. The number of imidazole rings is 2. The highest BCUT2D eigenvalue weighted by Gasteiger charge is 2.63. The Kier molecular flexibility index (Phi) is 11.7. The number of nitrogens with zero attached hydrogens (tertiary/aromatic N) is 4. The van der Waals surface area contributed by atoms with Crippen LogP contribution in [-0.2, 0) is 40.4 Å². The summed E-state index contributed by atoms with van der Waals surface area (Å²) < 4.78 is 86.4. The summed E-state index contributed by atoms with van der Waals surface area (Å²) in [7, 11) is 2.40. The number of methoxy groups -OCH3 is 2. The second-order valence-electron chi connectivity index (χ2n) is 17.2. The molecule has 3 saturated heterocycles. The fraction of sp³-hybridized carbons (Fsp3) is 0.500. The number of fused-ring (bicyclic) bond motifs is 3. The van der Waals surface area contributed by atoms with Crippen molar-refractivity contribution in [1.29, 1.82) is 0 Å². The van der Waals surface area contributed by atoms with Crippen molar-refractivity contribution in [2.24, 2.45) is 11.8 Å². The first-order valence-corrected chi connectivity index (χ1v) is 21.1. The van der Waals surface area contributed by atoms with E-state index in [1.165, 1.54) is 49.7 Å². The molecule has 3 aliphatic heterocycles. The maximum Gasteiger partial charge on any atom is 0.407 e. The molecule has 3 fully saturated rings. The van der Waals surface area contributed by atoms with Crippen LogP contribution in [0.15, 0.2) is 48.8 Å². The first kappa shape index (κ1) is 44.6. The van der Waals surface area contributed by atoms with Gasteiger partial charge in [0.15, 0.2) is 5.79 Å². The van der Waals surface area contributed by atoms with Crippen LogP contribution in [0.1, 0.15) is 81.8 Å². The number of alkyl halides is 4.